The average molecular weight is 253 g/mol. The third-order valence-corrected chi connectivity index (χ3v) is 2.14. The van der Waals surface area contributed by atoms with Gasteiger partial charge in [-0.25, -0.2) is 9.97 Å². The van der Waals surface area contributed by atoms with Crippen molar-refractivity contribution in [1.82, 2.24) is 9.97 Å². The van der Waals surface area contributed by atoms with E-state index in [1.54, 1.807) is 0 Å². The van der Waals surface area contributed by atoms with E-state index in [9.17, 15) is 10.1 Å². The number of hydrogen-bond acceptors (Lipinski definition) is 6. The summed E-state index contributed by atoms with van der Waals surface area (Å²) in [5, 5.41) is 17.0. The van der Waals surface area contributed by atoms with Crippen LogP contribution in [-0.2, 0) is 0 Å². The Hall–Kier alpha value is -1.92. The van der Waals surface area contributed by atoms with E-state index in [0.717, 1.165) is 0 Å². The molecule has 0 fully saturated rings. The first-order valence-corrected chi connectivity index (χ1v) is 5.82. The van der Waals surface area contributed by atoms with Crippen LogP contribution in [0.25, 0.3) is 0 Å². The number of nitro groups is 1. The molecule has 100 valence electrons. The van der Waals surface area contributed by atoms with Crippen LogP contribution < -0.4 is 10.6 Å². The van der Waals surface area contributed by atoms with Gasteiger partial charge < -0.3 is 10.6 Å². The number of nitrogens with zero attached hydrogens (tertiary/aromatic N) is 3. The number of rotatable bonds is 5. The smallest absolute Gasteiger partial charge is 0.353 e. The highest BCUT2D eigenvalue weighted by Crippen LogP contribution is 2.29. The van der Waals surface area contributed by atoms with Crippen molar-refractivity contribution in [2.24, 2.45) is 5.41 Å². The first-order valence-electron chi connectivity index (χ1n) is 5.82. The second-order valence-corrected chi connectivity index (χ2v) is 5.12. The Bertz CT molecular complexity index is 428. The highest BCUT2D eigenvalue weighted by molar-refractivity contribution is 5.69. The van der Waals surface area contributed by atoms with Gasteiger partial charge in [-0.1, -0.05) is 20.8 Å². The molecule has 0 aliphatic rings. The lowest BCUT2D eigenvalue weighted by Crippen LogP contribution is -2.20. The quantitative estimate of drug-likeness (QED) is 0.617. The Morgan fingerprint density at radius 3 is 2.28 bits per heavy atom. The fourth-order valence-corrected chi connectivity index (χ4v) is 1.33. The van der Waals surface area contributed by atoms with Crippen molar-refractivity contribution in [2.75, 3.05) is 23.7 Å². The normalized spacial score (nSPS) is 11.1. The zero-order valence-electron chi connectivity index (χ0n) is 11.1. The largest absolute Gasteiger partial charge is 0.364 e. The van der Waals surface area contributed by atoms with Gasteiger partial charge in [0.25, 0.3) is 0 Å². The van der Waals surface area contributed by atoms with Crippen molar-refractivity contribution >= 4 is 17.3 Å². The van der Waals surface area contributed by atoms with Crippen molar-refractivity contribution in [3.8, 4) is 0 Å². The first-order chi connectivity index (χ1) is 8.35. The van der Waals surface area contributed by atoms with E-state index >= 15 is 0 Å². The Morgan fingerprint density at radius 1 is 1.28 bits per heavy atom. The molecule has 0 unspecified atom stereocenters. The molecule has 0 aromatic carbocycles. The second kappa shape index (κ2) is 5.61. The molecule has 0 saturated carbocycles. The van der Waals surface area contributed by atoms with E-state index < -0.39 is 4.92 Å². The zero-order valence-corrected chi connectivity index (χ0v) is 11.1. The Morgan fingerprint density at radius 2 is 1.83 bits per heavy atom. The zero-order chi connectivity index (χ0) is 13.8. The molecule has 0 aliphatic carbocycles. The van der Waals surface area contributed by atoms with Gasteiger partial charge >= 0.3 is 5.69 Å². The van der Waals surface area contributed by atoms with Crippen LogP contribution in [0.4, 0.5) is 17.3 Å². The topological polar surface area (TPSA) is 93.0 Å². The van der Waals surface area contributed by atoms with E-state index in [1.807, 2.05) is 27.7 Å². The van der Waals surface area contributed by atoms with E-state index in [1.165, 1.54) is 6.33 Å². The van der Waals surface area contributed by atoms with E-state index in [-0.39, 0.29) is 22.7 Å². The van der Waals surface area contributed by atoms with Crippen molar-refractivity contribution in [3.63, 3.8) is 0 Å². The van der Waals surface area contributed by atoms with Crippen LogP contribution in [0, 0.1) is 15.5 Å². The summed E-state index contributed by atoms with van der Waals surface area (Å²) in [6.07, 6.45) is 1.32. The third-order valence-electron chi connectivity index (χ3n) is 2.14. The molecule has 0 aliphatic heterocycles. The number of anilines is 2. The molecular weight excluding hydrogens is 234 g/mol. The summed E-state index contributed by atoms with van der Waals surface area (Å²) in [4.78, 5) is 18.5. The van der Waals surface area contributed by atoms with Crippen LogP contribution in [0.2, 0.25) is 0 Å². The van der Waals surface area contributed by atoms with E-state index in [4.69, 9.17) is 0 Å². The van der Waals surface area contributed by atoms with Crippen molar-refractivity contribution in [3.05, 3.63) is 16.4 Å². The maximum absolute atomic E-state index is 11.1. The lowest BCUT2D eigenvalue weighted by molar-refractivity contribution is -0.383. The monoisotopic (exact) mass is 253 g/mol. The lowest BCUT2D eigenvalue weighted by Gasteiger charge is -2.19. The van der Waals surface area contributed by atoms with Crippen molar-refractivity contribution in [1.29, 1.82) is 0 Å². The van der Waals surface area contributed by atoms with Gasteiger partial charge in [-0.05, 0) is 12.3 Å². The van der Waals surface area contributed by atoms with Gasteiger partial charge in [0.05, 0.1) is 4.92 Å². The molecule has 0 bridgehead atoms. The Kier molecular flexibility index (Phi) is 4.41. The first kappa shape index (κ1) is 14.1. The van der Waals surface area contributed by atoms with Gasteiger partial charge in [0.2, 0.25) is 11.6 Å². The maximum Gasteiger partial charge on any atom is 0.353 e. The van der Waals surface area contributed by atoms with Crippen LogP contribution in [0.3, 0.4) is 0 Å². The van der Waals surface area contributed by atoms with Crippen molar-refractivity contribution < 1.29 is 4.92 Å². The summed E-state index contributed by atoms with van der Waals surface area (Å²) < 4.78 is 0. The molecule has 0 spiro atoms. The standard InChI is InChI=1S/C11H19N5O2/c1-5-12-9-8(16(17)18)10(15-7-14-9)13-6-11(2,3)4/h7H,5-6H2,1-4H3,(H2,12,13,14,15). The van der Waals surface area contributed by atoms with Crippen LogP contribution in [-0.4, -0.2) is 28.0 Å². The fraction of sp³-hybridized carbons (Fsp3) is 0.636. The van der Waals surface area contributed by atoms with Gasteiger partial charge in [-0.15, -0.1) is 0 Å². The number of hydrogen-bond donors (Lipinski definition) is 2. The molecule has 2 N–H and O–H groups in total. The molecule has 1 rings (SSSR count). The minimum absolute atomic E-state index is 0.0111. The maximum atomic E-state index is 11.1. The van der Waals surface area contributed by atoms with Crippen LogP contribution in [0.1, 0.15) is 27.7 Å². The molecular formula is C11H19N5O2. The number of nitrogens with one attached hydrogen (secondary N) is 2. The summed E-state index contributed by atoms with van der Waals surface area (Å²) >= 11 is 0. The third kappa shape index (κ3) is 3.83. The highest BCUT2D eigenvalue weighted by atomic mass is 16.6. The summed E-state index contributed by atoms with van der Waals surface area (Å²) in [5.74, 6) is 0.495. The molecule has 0 radical (unpaired) electrons. The fourth-order valence-electron chi connectivity index (χ4n) is 1.33. The molecule has 7 heteroatoms. The van der Waals surface area contributed by atoms with Gasteiger partial charge in [0, 0.05) is 13.1 Å². The highest BCUT2D eigenvalue weighted by Gasteiger charge is 2.23. The summed E-state index contributed by atoms with van der Waals surface area (Å²) in [6.45, 7) is 9.13. The molecule has 0 amide bonds. The van der Waals surface area contributed by atoms with Gasteiger partial charge in [-0.3, -0.25) is 10.1 Å². The SMILES string of the molecule is CCNc1ncnc(NCC(C)(C)C)c1[N+](=O)[O-]. The predicted octanol–water partition coefficient (Wildman–Crippen LogP) is 2.27. The molecule has 1 heterocycles. The van der Waals surface area contributed by atoms with Crippen LogP contribution in [0.5, 0.6) is 0 Å². The number of aromatic nitrogens is 2. The molecule has 0 saturated heterocycles. The van der Waals surface area contributed by atoms with Gasteiger partial charge in [0.1, 0.15) is 6.33 Å². The lowest BCUT2D eigenvalue weighted by atomic mass is 9.97. The van der Waals surface area contributed by atoms with Gasteiger partial charge in [0.15, 0.2) is 0 Å². The van der Waals surface area contributed by atoms with E-state index in [2.05, 4.69) is 20.6 Å². The molecule has 18 heavy (non-hydrogen) atoms. The molecule has 1 aromatic heterocycles. The molecule has 7 nitrogen and oxygen atoms in total. The van der Waals surface area contributed by atoms with Crippen LogP contribution >= 0.6 is 0 Å². The minimum Gasteiger partial charge on any atom is -0.364 e. The summed E-state index contributed by atoms with van der Waals surface area (Å²) in [7, 11) is 0. The predicted molar refractivity (Wildman–Crippen MR) is 70.8 cm³/mol. The Labute approximate surface area is 106 Å². The Balaban J connectivity index is 3.03. The van der Waals surface area contributed by atoms with Crippen LogP contribution in [0.15, 0.2) is 6.33 Å². The van der Waals surface area contributed by atoms with E-state index in [0.29, 0.717) is 13.1 Å². The summed E-state index contributed by atoms with van der Waals surface area (Å²) in [6, 6.07) is 0. The van der Waals surface area contributed by atoms with Crippen molar-refractivity contribution in [2.45, 2.75) is 27.7 Å². The minimum atomic E-state index is -0.469. The molecule has 1 aromatic rings. The second-order valence-electron chi connectivity index (χ2n) is 5.12. The summed E-state index contributed by atoms with van der Waals surface area (Å²) in [5.41, 5.74) is -0.0967. The molecule has 0 atom stereocenters. The van der Waals surface area contributed by atoms with Gasteiger partial charge in [-0.2, -0.15) is 0 Å². The average Bonchev–Trinajstić information content (AvgIpc) is 2.25.